The molecule has 0 spiro atoms. The number of nitrogens with one attached hydrogen (secondary N) is 1. The SMILES string of the molecule is Cl.Cl.NC(=O)C1CCN(Cc2cccc(NC(=O)CC(N)c3ccccc3)c2)CC1. The highest BCUT2D eigenvalue weighted by Crippen LogP contribution is 2.20. The molecule has 0 bridgehead atoms. The number of hydrogen-bond donors (Lipinski definition) is 3. The molecule has 0 radical (unpaired) electrons. The van der Waals surface area contributed by atoms with E-state index in [4.69, 9.17) is 11.5 Å². The first-order valence-corrected chi connectivity index (χ1v) is 9.72. The fourth-order valence-electron chi connectivity index (χ4n) is 3.61. The third kappa shape index (κ3) is 7.61. The number of nitrogens with two attached hydrogens (primary N) is 2. The zero-order valence-corrected chi connectivity index (χ0v) is 18.5. The fraction of sp³-hybridized carbons (Fsp3) is 0.364. The van der Waals surface area contributed by atoms with Gasteiger partial charge in [-0.3, -0.25) is 14.5 Å². The van der Waals surface area contributed by atoms with Gasteiger partial charge < -0.3 is 16.8 Å². The summed E-state index contributed by atoms with van der Waals surface area (Å²) in [6, 6.07) is 17.2. The summed E-state index contributed by atoms with van der Waals surface area (Å²) in [7, 11) is 0. The second kappa shape index (κ2) is 12.5. The third-order valence-electron chi connectivity index (χ3n) is 5.24. The number of amides is 2. The van der Waals surface area contributed by atoms with Crippen LogP contribution < -0.4 is 16.8 Å². The molecule has 1 fully saturated rings. The first-order chi connectivity index (χ1) is 13.5. The van der Waals surface area contributed by atoms with Crippen LogP contribution in [0.4, 0.5) is 5.69 Å². The number of nitrogens with zero attached hydrogens (tertiary/aromatic N) is 1. The maximum absolute atomic E-state index is 12.4. The van der Waals surface area contributed by atoms with E-state index in [1.807, 2.05) is 54.6 Å². The van der Waals surface area contributed by atoms with Gasteiger partial charge in [0.1, 0.15) is 0 Å². The minimum absolute atomic E-state index is 0. The molecule has 164 valence electrons. The van der Waals surface area contributed by atoms with Crippen LogP contribution in [0.1, 0.15) is 36.4 Å². The van der Waals surface area contributed by atoms with E-state index in [1.54, 1.807) is 0 Å². The largest absolute Gasteiger partial charge is 0.369 e. The molecule has 8 heteroatoms. The number of piperidine rings is 1. The molecule has 2 aromatic rings. The average Bonchev–Trinajstić information content (AvgIpc) is 2.69. The van der Waals surface area contributed by atoms with Crippen LogP contribution in [-0.4, -0.2) is 29.8 Å². The van der Waals surface area contributed by atoms with Crippen molar-refractivity contribution in [3.8, 4) is 0 Å². The Balaban J connectivity index is 0.00000225. The summed E-state index contributed by atoms with van der Waals surface area (Å²) in [6.07, 6.45) is 1.85. The van der Waals surface area contributed by atoms with Gasteiger partial charge in [-0.25, -0.2) is 0 Å². The van der Waals surface area contributed by atoms with Gasteiger partial charge in [0, 0.05) is 30.6 Å². The van der Waals surface area contributed by atoms with Gasteiger partial charge in [-0.2, -0.15) is 0 Å². The molecule has 5 N–H and O–H groups in total. The lowest BCUT2D eigenvalue weighted by Crippen LogP contribution is -2.38. The Labute approximate surface area is 190 Å². The van der Waals surface area contributed by atoms with E-state index in [9.17, 15) is 9.59 Å². The lowest BCUT2D eigenvalue weighted by molar-refractivity contribution is -0.123. The first-order valence-electron chi connectivity index (χ1n) is 9.72. The number of carbonyl (C=O) groups excluding carboxylic acids is 2. The van der Waals surface area contributed by atoms with Crippen molar-refractivity contribution >= 4 is 42.3 Å². The van der Waals surface area contributed by atoms with Crippen molar-refractivity contribution in [2.75, 3.05) is 18.4 Å². The Morgan fingerprint density at radius 2 is 1.70 bits per heavy atom. The van der Waals surface area contributed by atoms with Crippen LogP contribution in [0.15, 0.2) is 54.6 Å². The van der Waals surface area contributed by atoms with Crippen LogP contribution in [-0.2, 0) is 16.1 Å². The highest BCUT2D eigenvalue weighted by Gasteiger charge is 2.23. The second-order valence-electron chi connectivity index (χ2n) is 7.42. The molecular weight excluding hydrogens is 423 g/mol. The van der Waals surface area contributed by atoms with Gasteiger partial charge in [-0.1, -0.05) is 42.5 Å². The molecule has 3 rings (SSSR count). The van der Waals surface area contributed by atoms with Gasteiger partial charge in [0.25, 0.3) is 0 Å². The van der Waals surface area contributed by atoms with E-state index in [0.717, 1.165) is 49.3 Å². The Bertz CT molecular complexity index is 812. The zero-order valence-electron chi connectivity index (χ0n) is 16.8. The normalized spacial score (nSPS) is 15.4. The molecule has 2 amide bonds. The molecule has 30 heavy (non-hydrogen) atoms. The van der Waals surface area contributed by atoms with Gasteiger partial charge in [0.05, 0.1) is 0 Å². The lowest BCUT2D eigenvalue weighted by Gasteiger charge is -2.30. The number of benzene rings is 2. The predicted octanol–water partition coefficient (Wildman–Crippen LogP) is 3.26. The number of anilines is 1. The van der Waals surface area contributed by atoms with Gasteiger partial charge in [-0.05, 0) is 49.2 Å². The summed E-state index contributed by atoms with van der Waals surface area (Å²) in [4.78, 5) is 26.0. The van der Waals surface area contributed by atoms with Crippen LogP contribution in [0.3, 0.4) is 0 Å². The third-order valence-corrected chi connectivity index (χ3v) is 5.24. The maximum atomic E-state index is 12.4. The summed E-state index contributed by atoms with van der Waals surface area (Å²) in [5, 5.41) is 2.94. The molecule has 1 aliphatic rings. The molecule has 1 aliphatic heterocycles. The van der Waals surface area contributed by atoms with E-state index in [1.165, 1.54) is 0 Å². The molecule has 1 unspecified atom stereocenters. The molecule has 1 atom stereocenters. The van der Waals surface area contributed by atoms with E-state index in [-0.39, 0.29) is 55.0 Å². The molecule has 2 aromatic carbocycles. The second-order valence-corrected chi connectivity index (χ2v) is 7.42. The summed E-state index contributed by atoms with van der Waals surface area (Å²) in [6.45, 7) is 2.50. The van der Waals surface area contributed by atoms with Crippen molar-refractivity contribution < 1.29 is 9.59 Å². The first kappa shape index (κ1) is 25.9. The minimum Gasteiger partial charge on any atom is -0.369 e. The van der Waals surface area contributed by atoms with E-state index in [0.29, 0.717) is 0 Å². The van der Waals surface area contributed by atoms with Crippen molar-refractivity contribution in [1.29, 1.82) is 0 Å². The van der Waals surface area contributed by atoms with E-state index in [2.05, 4.69) is 10.2 Å². The van der Waals surface area contributed by atoms with Crippen LogP contribution >= 0.6 is 24.8 Å². The van der Waals surface area contributed by atoms with Crippen LogP contribution in [0.5, 0.6) is 0 Å². The quantitative estimate of drug-likeness (QED) is 0.599. The standard InChI is InChI=1S/C22H28N4O2.2ClH/c23-20(17-6-2-1-3-7-17)14-21(27)25-19-8-4-5-16(13-19)15-26-11-9-18(10-12-26)22(24)28;;/h1-8,13,18,20H,9-12,14-15,23H2,(H2,24,28)(H,25,27);2*1H. The monoisotopic (exact) mass is 452 g/mol. The maximum Gasteiger partial charge on any atom is 0.226 e. The molecule has 0 saturated carbocycles. The topological polar surface area (TPSA) is 101 Å². The van der Waals surface area contributed by atoms with Crippen molar-refractivity contribution in [3.05, 3.63) is 65.7 Å². The Morgan fingerprint density at radius 1 is 1.03 bits per heavy atom. The van der Waals surface area contributed by atoms with Crippen molar-refractivity contribution in [2.45, 2.75) is 31.8 Å². The number of rotatable bonds is 7. The van der Waals surface area contributed by atoms with Crippen LogP contribution in [0.2, 0.25) is 0 Å². The smallest absolute Gasteiger partial charge is 0.226 e. The summed E-state index contributed by atoms with van der Waals surface area (Å²) in [5.74, 6) is -0.301. The number of halogens is 2. The minimum atomic E-state index is -0.323. The lowest BCUT2D eigenvalue weighted by atomic mass is 9.96. The molecule has 1 saturated heterocycles. The van der Waals surface area contributed by atoms with Gasteiger partial charge in [-0.15, -0.1) is 24.8 Å². The molecule has 0 aromatic heterocycles. The highest BCUT2D eigenvalue weighted by molar-refractivity contribution is 5.91. The highest BCUT2D eigenvalue weighted by atomic mass is 35.5. The number of primary amides is 1. The van der Waals surface area contributed by atoms with E-state index >= 15 is 0 Å². The molecule has 0 aliphatic carbocycles. The van der Waals surface area contributed by atoms with Gasteiger partial charge >= 0.3 is 0 Å². The van der Waals surface area contributed by atoms with Crippen molar-refractivity contribution in [1.82, 2.24) is 4.90 Å². The zero-order chi connectivity index (χ0) is 19.9. The van der Waals surface area contributed by atoms with Gasteiger partial charge in [0.2, 0.25) is 11.8 Å². The molecular formula is C22H30Cl2N4O2. The van der Waals surface area contributed by atoms with Crippen LogP contribution in [0.25, 0.3) is 0 Å². The van der Waals surface area contributed by atoms with Crippen molar-refractivity contribution in [2.24, 2.45) is 17.4 Å². The summed E-state index contributed by atoms with van der Waals surface area (Å²) < 4.78 is 0. The fourth-order valence-corrected chi connectivity index (χ4v) is 3.61. The molecule has 1 heterocycles. The van der Waals surface area contributed by atoms with Crippen LogP contribution in [0, 0.1) is 5.92 Å². The Hall–Kier alpha value is -2.12. The Kier molecular flexibility index (Phi) is 10.8. The van der Waals surface area contributed by atoms with E-state index < -0.39 is 0 Å². The predicted molar refractivity (Wildman–Crippen MR) is 125 cm³/mol. The molecule has 6 nitrogen and oxygen atoms in total. The Morgan fingerprint density at radius 3 is 2.33 bits per heavy atom. The summed E-state index contributed by atoms with van der Waals surface area (Å²) >= 11 is 0. The van der Waals surface area contributed by atoms with Crippen molar-refractivity contribution in [3.63, 3.8) is 0 Å². The average molecular weight is 453 g/mol. The number of hydrogen-bond acceptors (Lipinski definition) is 4. The number of likely N-dealkylation sites (tertiary alicyclic amines) is 1. The summed E-state index contributed by atoms with van der Waals surface area (Å²) in [5.41, 5.74) is 14.4. The number of carbonyl (C=O) groups is 2. The van der Waals surface area contributed by atoms with Gasteiger partial charge in [0.15, 0.2) is 0 Å².